The van der Waals surface area contributed by atoms with E-state index in [2.05, 4.69) is 4.98 Å². The first kappa shape index (κ1) is 23.0. The van der Waals surface area contributed by atoms with Crippen LogP contribution < -0.4 is 21.9 Å². The number of nitrogens with zero attached hydrogens (tertiary/aromatic N) is 2. The molecule has 0 fully saturated rings. The van der Waals surface area contributed by atoms with Crippen LogP contribution in [0.15, 0.2) is 27.8 Å². The predicted octanol–water partition coefficient (Wildman–Crippen LogP) is 3.60. The van der Waals surface area contributed by atoms with Crippen LogP contribution in [0.5, 0.6) is 0 Å². The minimum atomic E-state index is -0.664. The molecule has 0 bridgehead atoms. The third-order valence-electron chi connectivity index (χ3n) is 4.61. The molecular weight excluding hydrogens is 415 g/mol. The number of nitrogens with one attached hydrogen (secondary N) is 1. The summed E-state index contributed by atoms with van der Waals surface area (Å²) in [5, 5.41) is 0.834. The second-order valence-electron chi connectivity index (χ2n) is 6.76. The van der Waals surface area contributed by atoms with E-state index >= 15 is 0 Å². The summed E-state index contributed by atoms with van der Waals surface area (Å²) in [7, 11) is 0. The highest BCUT2D eigenvalue weighted by Gasteiger charge is 2.23. The van der Waals surface area contributed by atoms with Gasteiger partial charge in [-0.25, -0.2) is 4.79 Å². The third kappa shape index (κ3) is 5.42. The maximum atomic E-state index is 13.0. The molecule has 0 aliphatic rings. The normalized spacial score (nSPS) is 10.9. The van der Waals surface area contributed by atoms with Gasteiger partial charge in [-0.1, -0.05) is 55.6 Å². The van der Waals surface area contributed by atoms with E-state index in [9.17, 15) is 14.4 Å². The van der Waals surface area contributed by atoms with Gasteiger partial charge >= 0.3 is 5.69 Å². The number of carbonyl (C=O) groups excluding carboxylic acids is 1. The molecule has 29 heavy (non-hydrogen) atoms. The Labute approximate surface area is 179 Å². The lowest BCUT2D eigenvalue weighted by atomic mass is 10.1. The van der Waals surface area contributed by atoms with Crippen molar-refractivity contribution in [1.82, 2.24) is 9.55 Å². The fourth-order valence-corrected chi connectivity index (χ4v) is 3.49. The average Bonchev–Trinajstić information content (AvgIpc) is 2.68. The highest BCUT2D eigenvalue weighted by molar-refractivity contribution is 6.42. The van der Waals surface area contributed by atoms with E-state index < -0.39 is 11.2 Å². The van der Waals surface area contributed by atoms with Crippen molar-refractivity contribution < 1.29 is 4.79 Å². The van der Waals surface area contributed by atoms with Gasteiger partial charge in [-0.2, -0.15) is 0 Å². The van der Waals surface area contributed by atoms with Gasteiger partial charge in [-0.05, 0) is 30.9 Å². The molecule has 1 amide bonds. The minimum Gasteiger partial charge on any atom is -0.383 e. The molecule has 0 saturated heterocycles. The lowest BCUT2D eigenvalue weighted by molar-refractivity contribution is -0.118. The van der Waals surface area contributed by atoms with E-state index in [1.807, 2.05) is 13.8 Å². The van der Waals surface area contributed by atoms with Crippen molar-refractivity contribution >= 4 is 40.6 Å². The van der Waals surface area contributed by atoms with Crippen LogP contribution in [0.25, 0.3) is 0 Å². The topological polar surface area (TPSA) is 101 Å². The zero-order chi connectivity index (χ0) is 21.6. The molecule has 3 N–H and O–H groups in total. The second kappa shape index (κ2) is 10.5. The number of aromatic amines is 1. The molecule has 1 aromatic heterocycles. The number of nitrogen functional groups attached to an aromatic ring is 1. The van der Waals surface area contributed by atoms with Crippen molar-refractivity contribution in [2.45, 2.75) is 52.5 Å². The fraction of sp³-hybridized carbons (Fsp3) is 0.450. The number of unbranched alkanes of at least 4 members (excludes halogenated alkanes) is 1. The predicted molar refractivity (Wildman–Crippen MR) is 118 cm³/mol. The molecule has 0 radical (unpaired) electrons. The monoisotopic (exact) mass is 440 g/mol. The minimum absolute atomic E-state index is 0.00906. The standard InChI is InChI=1S/C20H26Cl2N4O3/c1-3-5-12-26-18(23)17(19(28)24-20(26)29)25(11-4-2)15(27)10-9-13-7-6-8-14(21)16(13)22/h6-8H,3-5,9-12,23H2,1-2H3,(H,24,28,29). The molecule has 0 unspecified atom stereocenters. The number of rotatable bonds is 9. The summed E-state index contributed by atoms with van der Waals surface area (Å²) in [5.74, 6) is -0.268. The lowest BCUT2D eigenvalue weighted by Gasteiger charge is -2.24. The van der Waals surface area contributed by atoms with Crippen molar-refractivity contribution in [3.05, 3.63) is 54.6 Å². The summed E-state index contributed by atoms with van der Waals surface area (Å²) in [6.45, 7) is 4.56. The van der Waals surface area contributed by atoms with Crippen LogP contribution >= 0.6 is 23.2 Å². The quantitative estimate of drug-likeness (QED) is 0.621. The lowest BCUT2D eigenvalue weighted by Crippen LogP contribution is -2.41. The maximum Gasteiger partial charge on any atom is 0.330 e. The number of aryl methyl sites for hydroxylation is 1. The van der Waals surface area contributed by atoms with Gasteiger partial charge in [-0.15, -0.1) is 0 Å². The van der Waals surface area contributed by atoms with Gasteiger partial charge in [-0.3, -0.25) is 19.1 Å². The molecule has 0 aliphatic carbocycles. The summed E-state index contributed by atoms with van der Waals surface area (Å²) < 4.78 is 1.31. The van der Waals surface area contributed by atoms with Crippen LogP contribution in [0.3, 0.4) is 0 Å². The third-order valence-corrected chi connectivity index (χ3v) is 5.47. The Balaban J connectivity index is 2.35. The van der Waals surface area contributed by atoms with Crippen molar-refractivity contribution in [3.8, 4) is 0 Å². The Morgan fingerprint density at radius 1 is 1.21 bits per heavy atom. The Morgan fingerprint density at radius 3 is 2.59 bits per heavy atom. The average molecular weight is 441 g/mol. The van der Waals surface area contributed by atoms with Crippen LogP contribution in [0.4, 0.5) is 11.5 Å². The van der Waals surface area contributed by atoms with E-state index in [-0.39, 0.29) is 23.8 Å². The molecule has 9 heteroatoms. The van der Waals surface area contributed by atoms with E-state index in [1.165, 1.54) is 9.47 Å². The van der Waals surface area contributed by atoms with Crippen LogP contribution in [0.2, 0.25) is 10.0 Å². The number of amides is 1. The highest BCUT2D eigenvalue weighted by atomic mass is 35.5. The van der Waals surface area contributed by atoms with E-state index in [4.69, 9.17) is 28.9 Å². The number of hydrogen-bond donors (Lipinski definition) is 2. The van der Waals surface area contributed by atoms with E-state index in [0.29, 0.717) is 36.0 Å². The highest BCUT2D eigenvalue weighted by Crippen LogP contribution is 2.27. The Morgan fingerprint density at radius 2 is 1.93 bits per heavy atom. The number of halogens is 2. The zero-order valence-corrected chi connectivity index (χ0v) is 18.1. The Hall–Kier alpha value is -2.25. The molecule has 158 valence electrons. The number of benzene rings is 1. The summed E-state index contributed by atoms with van der Waals surface area (Å²) in [6.07, 6.45) is 2.69. The van der Waals surface area contributed by atoms with Gasteiger partial charge in [0.05, 0.1) is 10.0 Å². The molecule has 7 nitrogen and oxygen atoms in total. The zero-order valence-electron chi connectivity index (χ0n) is 16.6. The largest absolute Gasteiger partial charge is 0.383 e. The maximum absolute atomic E-state index is 13.0. The fourth-order valence-electron chi connectivity index (χ4n) is 3.08. The van der Waals surface area contributed by atoms with Gasteiger partial charge in [0, 0.05) is 19.5 Å². The molecule has 2 rings (SSSR count). The summed E-state index contributed by atoms with van der Waals surface area (Å²) >= 11 is 12.2. The van der Waals surface area contributed by atoms with Gasteiger partial charge < -0.3 is 10.6 Å². The molecule has 1 aromatic carbocycles. The van der Waals surface area contributed by atoms with Crippen LogP contribution in [-0.4, -0.2) is 22.0 Å². The molecule has 0 atom stereocenters. The molecule has 0 spiro atoms. The summed E-state index contributed by atoms with van der Waals surface area (Å²) in [6, 6.07) is 5.25. The first-order valence-electron chi connectivity index (χ1n) is 9.67. The van der Waals surface area contributed by atoms with Crippen molar-refractivity contribution in [2.24, 2.45) is 0 Å². The van der Waals surface area contributed by atoms with Gasteiger partial charge in [0.2, 0.25) is 5.91 Å². The molecule has 0 saturated carbocycles. The van der Waals surface area contributed by atoms with Crippen LogP contribution in [0.1, 0.15) is 45.1 Å². The SMILES string of the molecule is CCCCn1c(N)c(N(CCC)C(=O)CCc2cccc(Cl)c2Cl)c(=O)[nH]c1=O. The van der Waals surface area contributed by atoms with E-state index in [0.717, 1.165) is 18.4 Å². The van der Waals surface area contributed by atoms with Gasteiger partial charge in [0.25, 0.3) is 5.56 Å². The first-order chi connectivity index (χ1) is 13.8. The number of nitrogens with two attached hydrogens (primary N) is 1. The second-order valence-corrected chi connectivity index (χ2v) is 7.54. The van der Waals surface area contributed by atoms with Crippen LogP contribution in [0, 0.1) is 0 Å². The number of anilines is 2. The smallest absolute Gasteiger partial charge is 0.330 e. The van der Waals surface area contributed by atoms with E-state index in [1.54, 1.807) is 18.2 Å². The molecular formula is C20H26Cl2N4O3. The number of carbonyl (C=O) groups is 1. The number of hydrogen-bond acceptors (Lipinski definition) is 4. The first-order valence-corrected chi connectivity index (χ1v) is 10.4. The van der Waals surface area contributed by atoms with Gasteiger partial charge in [0.1, 0.15) is 5.82 Å². The van der Waals surface area contributed by atoms with Gasteiger partial charge in [0.15, 0.2) is 5.69 Å². The van der Waals surface area contributed by atoms with Crippen molar-refractivity contribution in [2.75, 3.05) is 17.2 Å². The van der Waals surface area contributed by atoms with Crippen molar-refractivity contribution in [1.29, 1.82) is 0 Å². The molecule has 1 heterocycles. The molecule has 0 aliphatic heterocycles. The van der Waals surface area contributed by atoms with Crippen LogP contribution in [-0.2, 0) is 17.8 Å². The summed E-state index contributed by atoms with van der Waals surface area (Å²) in [4.78, 5) is 41.3. The number of H-pyrrole nitrogens is 1. The number of aromatic nitrogens is 2. The Bertz CT molecular complexity index is 985. The summed E-state index contributed by atoms with van der Waals surface area (Å²) in [5.41, 5.74) is 5.69. The Kier molecular flexibility index (Phi) is 8.34. The molecule has 2 aromatic rings. The van der Waals surface area contributed by atoms with Crippen molar-refractivity contribution in [3.63, 3.8) is 0 Å².